The molecule has 0 radical (unpaired) electrons. The lowest BCUT2D eigenvalue weighted by atomic mass is 9.95. The second-order valence-corrected chi connectivity index (χ2v) is 17.6. The van der Waals surface area contributed by atoms with Crippen LogP contribution in [0.2, 0.25) is 5.02 Å². The Hall–Kier alpha value is -4.92. The van der Waals surface area contributed by atoms with Crippen LogP contribution in [0.4, 0.5) is 17.1 Å². The molecule has 1 atom stereocenters. The molecule has 0 aromatic heterocycles. The van der Waals surface area contributed by atoms with E-state index in [1.807, 2.05) is 73.6 Å². The van der Waals surface area contributed by atoms with Gasteiger partial charge in [0.15, 0.2) is 0 Å². The number of hydrogen-bond donors (Lipinski definition) is 2. The zero-order valence-corrected chi connectivity index (χ0v) is 34.6. The number of anilines is 2. The zero-order chi connectivity index (χ0) is 40.5. The van der Waals surface area contributed by atoms with Crippen LogP contribution in [0, 0.1) is 17.0 Å². The van der Waals surface area contributed by atoms with Crippen molar-refractivity contribution in [3.63, 3.8) is 0 Å². The number of hydrogen-bond acceptors (Lipinski definition) is 10. The summed E-state index contributed by atoms with van der Waals surface area (Å²) in [6.45, 7) is 6.90. The summed E-state index contributed by atoms with van der Waals surface area (Å²) < 4.78 is 28.8. The lowest BCUT2D eigenvalue weighted by Crippen LogP contribution is -2.46. The van der Waals surface area contributed by atoms with Crippen LogP contribution in [0.15, 0.2) is 125 Å². The van der Waals surface area contributed by atoms with Crippen LogP contribution in [-0.4, -0.2) is 87.7 Å². The fourth-order valence-corrected chi connectivity index (χ4v) is 9.03. The average molecular weight is 827 g/mol. The molecule has 1 aliphatic rings. The van der Waals surface area contributed by atoms with E-state index in [4.69, 9.17) is 11.6 Å². The maximum Gasteiger partial charge on any atom is 0.293 e. The number of carbonyl (C=O) groups is 1. The normalized spacial score (nSPS) is 14.0. The van der Waals surface area contributed by atoms with Crippen LogP contribution in [0.25, 0.3) is 11.1 Å². The maximum absolute atomic E-state index is 13.4. The average Bonchev–Trinajstić information content (AvgIpc) is 3.20. The Morgan fingerprint density at radius 1 is 0.895 bits per heavy atom. The van der Waals surface area contributed by atoms with Gasteiger partial charge in [-0.05, 0) is 117 Å². The Balaban J connectivity index is 1.06. The molecule has 5 aromatic rings. The number of amides is 1. The predicted octanol–water partition coefficient (Wildman–Crippen LogP) is 8.19. The van der Waals surface area contributed by atoms with Crippen LogP contribution < -0.4 is 14.9 Å². The minimum Gasteiger partial charge on any atom is -0.376 e. The number of benzene rings is 5. The number of halogens is 1. The Morgan fingerprint density at radius 2 is 1.60 bits per heavy atom. The second-order valence-electron chi connectivity index (χ2n) is 14.4. The molecule has 298 valence electrons. The van der Waals surface area contributed by atoms with E-state index in [0.717, 1.165) is 66.5 Å². The van der Waals surface area contributed by atoms with E-state index in [2.05, 4.69) is 57.1 Å². The number of nitro groups is 1. The molecule has 0 bridgehead atoms. The summed E-state index contributed by atoms with van der Waals surface area (Å²) in [7, 11) is -0.510. The number of sulfonamides is 1. The third-order valence-electron chi connectivity index (χ3n) is 9.94. The van der Waals surface area contributed by atoms with Gasteiger partial charge in [-0.3, -0.25) is 19.8 Å². The standard InChI is InChI=1S/C43H47ClN6O5S2/c1-31-27-34(44)15-19-39(31)40-12-8-7-9-33(40)29-48-23-25-49(26-24-48)36-16-13-32(14-17-36)43(51)46-57(54,55)38-18-20-41(42(28-38)50(52)53)45-35(21-22-47(2)3)30-56-37-10-5-4-6-11-37/h4-20,27-28,35,45H,21-26,29-30H2,1-3H3,(H,46,51)/t35-/m1/s1. The van der Waals surface area contributed by atoms with Crippen molar-refractivity contribution in [3.05, 3.63) is 147 Å². The zero-order valence-electron chi connectivity index (χ0n) is 32.2. The summed E-state index contributed by atoms with van der Waals surface area (Å²) in [6.07, 6.45) is 0.704. The summed E-state index contributed by atoms with van der Waals surface area (Å²) in [5, 5.41) is 16.2. The predicted molar refractivity (Wildman–Crippen MR) is 231 cm³/mol. The molecule has 11 nitrogen and oxygen atoms in total. The molecule has 0 aliphatic carbocycles. The Kier molecular flexibility index (Phi) is 13.9. The van der Waals surface area contributed by atoms with E-state index >= 15 is 0 Å². The molecule has 5 aromatic carbocycles. The van der Waals surface area contributed by atoms with Crippen molar-refractivity contribution < 1.29 is 18.1 Å². The first-order chi connectivity index (χ1) is 27.4. The molecule has 1 heterocycles. The van der Waals surface area contributed by atoms with Gasteiger partial charge in [-0.15, -0.1) is 11.8 Å². The van der Waals surface area contributed by atoms with Gasteiger partial charge in [0.2, 0.25) is 0 Å². The Morgan fingerprint density at radius 3 is 2.28 bits per heavy atom. The van der Waals surface area contributed by atoms with E-state index in [0.29, 0.717) is 12.2 Å². The number of nitro benzene ring substituents is 1. The molecule has 57 heavy (non-hydrogen) atoms. The van der Waals surface area contributed by atoms with Crippen molar-refractivity contribution in [1.29, 1.82) is 0 Å². The first-order valence-corrected chi connectivity index (χ1v) is 21.6. The van der Waals surface area contributed by atoms with Gasteiger partial charge < -0.3 is 15.1 Å². The first kappa shape index (κ1) is 41.7. The lowest BCUT2D eigenvalue weighted by Gasteiger charge is -2.36. The largest absolute Gasteiger partial charge is 0.376 e. The van der Waals surface area contributed by atoms with Crippen LogP contribution in [0.1, 0.15) is 27.9 Å². The van der Waals surface area contributed by atoms with Crippen LogP contribution in [-0.2, 0) is 16.6 Å². The third-order valence-corrected chi connectivity index (χ3v) is 12.7. The molecule has 6 rings (SSSR count). The number of nitrogens with zero attached hydrogens (tertiary/aromatic N) is 4. The van der Waals surface area contributed by atoms with Gasteiger partial charge in [-0.2, -0.15) is 0 Å². The fourth-order valence-electron chi connectivity index (χ4n) is 6.82. The molecule has 1 saturated heterocycles. The topological polar surface area (TPSA) is 128 Å². The van der Waals surface area contributed by atoms with Crippen LogP contribution >= 0.6 is 23.4 Å². The van der Waals surface area contributed by atoms with E-state index in [1.54, 1.807) is 23.9 Å². The summed E-state index contributed by atoms with van der Waals surface area (Å²) in [6, 6.07) is 34.6. The summed E-state index contributed by atoms with van der Waals surface area (Å²) in [5.74, 6) is -0.187. The van der Waals surface area contributed by atoms with Crippen molar-refractivity contribution >= 4 is 56.4 Å². The van der Waals surface area contributed by atoms with Gasteiger partial charge in [0, 0.05) is 71.8 Å². The van der Waals surface area contributed by atoms with Gasteiger partial charge in [0.25, 0.3) is 21.6 Å². The van der Waals surface area contributed by atoms with Crippen molar-refractivity contribution in [2.45, 2.75) is 35.7 Å². The van der Waals surface area contributed by atoms with Crippen molar-refractivity contribution in [3.8, 4) is 11.1 Å². The molecule has 0 saturated carbocycles. The summed E-state index contributed by atoms with van der Waals surface area (Å²) in [4.78, 5) is 32.2. The molecule has 0 unspecified atom stereocenters. The maximum atomic E-state index is 13.4. The number of piperazine rings is 1. The number of aryl methyl sites for hydroxylation is 1. The first-order valence-electron chi connectivity index (χ1n) is 18.7. The number of nitrogens with one attached hydrogen (secondary N) is 2. The number of carbonyl (C=O) groups excluding carboxylic acids is 1. The summed E-state index contributed by atoms with van der Waals surface area (Å²) >= 11 is 7.85. The molecule has 1 aliphatic heterocycles. The Bertz CT molecular complexity index is 2290. The monoisotopic (exact) mass is 826 g/mol. The van der Waals surface area contributed by atoms with Gasteiger partial charge in [0.1, 0.15) is 5.69 Å². The molecular weight excluding hydrogens is 780 g/mol. The highest BCUT2D eigenvalue weighted by molar-refractivity contribution is 7.99. The van der Waals surface area contributed by atoms with Gasteiger partial charge in [-0.25, -0.2) is 13.1 Å². The van der Waals surface area contributed by atoms with Gasteiger partial charge in [-0.1, -0.05) is 60.1 Å². The molecule has 0 spiro atoms. The number of rotatable bonds is 16. The van der Waals surface area contributed by atoms with E-state index in [9.17, 15) is 23.3 Å². The third kappa shape index (κ3) is 11.1. The smallest absolute Gasteiger partial charge is 0.293 e. The molecule has 1 amide bonds. The van der Waals surface area contributed by atoms with Crippen molar-refractivity contribution in [1.82, 2.24) is 14.5 Å². The lowest BCUT2D eigenvalue weighted by molar-refractivity contribution is -0.384. The highest BCUT2D eigenvalue weighted by Gasteiger charge is 2.26. The fraction of sp³-hybridized carbons (Fsp3) is 0.279. The summed E-state index contributed by atoms with van der Waals surface area (Å²) in [5.41, 5.74) is 5.65. The van der Waals surface area contributed by atoms with Gasteiger partial charge in [0.05, 0.1) is 9.82 Å². The second kappa shape index (κ2) is 19.0. The van der Waals surface area contributed by atoms with Crippen molar-refractivity contribution in [2.75, 3.05) is 62.8 Å². The molecule has 2 N–H and O–H groups in total. The van der Waals surface area contributed by atoms with Crippen molar-refractivity contribution in [2.24, 2.45) is 0 Å². The van der Waals surface area contributed by atoms with E-state index in [-0.39, 0.29) is 22.2 Å². The van der Waals surface area contributed by atoms with Gasteiger partial charge >= 0.3 is 0 Å². The van der Waals surface area contributed by atoms with E-state index < -0.39 is 26.5 Å². The van der Waals surface area contributed by atoms with E-state index in [1.165, 1.54) is 28.8 Å². The van der Waals surface area contributed by atoms with Crippen LogP contribution in [0.3, 0.4) is 0 Å². The minimum absolute atomic E-state index is 0.141. The minimum atomic E-state index is -4.43. The van der Waals surface area contributed by atoms with Crippen LogP contribution in [0.5, 0.6) is 0 Å². The Labute approximate surface area is 344 Å². The molecule has 14 heteroatoms. The number of thioether (sulfide) groups is 1. The quantitative estimate of drug-likeness (QED) is 0.0571. The molecular formula is C43H47ClN6O5S2. The highest BCUT2D eigenvalue weighted by atomic mass is 35.5. The molecule has 1 fully saturated rings. The SMILES string of the molecule is Cc1cc(Cl)ccc1-c1ccccc1CN1CCN(c2ccc(C(=O)NS(=O)(=O)c3ccc(N[C@H](CCN(C)C)CSc4ccccc4)c([N+](=O)[O-])c3)cc2)CC1. The highest BCUT2D eigenvalue weighted by Crippen LogP contribution is 2.32.